The van der Waals surface area contributed by atoms with E-state index in [0.29, 0.717) is 6.54 Å². The van der Waals surface area contributed by atoms with E-state index in [9.17, 15) is 13.2 Å². The molecule has 0 spiro atoms. The summed E-state index contributed by atoms with van der Waals surface area (Å²) in [5.41, 5.74) is 0. The number of aromatic nitrogens is 1. The van der Waals surface area contributed by atoms with Crippen LogP contribution in [0.3, 0.4) is 0 Å². The quantitative estimate of drug-likeness (QED) is 0.760. The molecule has 1 N–H and O–H groups in total. The Morgan fingerprint density at radius 1 is 1.50 bits per heavy atom. The molecule has 78 valence electrons. The van der Waals surface area contributed by atoms with Crippen LogP contribution < -0.4 is 5.32 Å². The van der Waals surface area contributed by atoms with E-state index < -0.39 is 11.9 Å². The highest BCUT2D eigenvalue weighted by atomic mass is 19.4. The Kier molecular flexibility index (Phi) is 2.22. The molecule has 6 heteroatoms. The summed E-state index contributed by atoms with van der Waals surface area (Å²) in [5, 5.41) is 3.04. The molecule has 1 saturated heterocycles. The molecule has 0 bridgehead atoms. The lowest BCUT2D eigenvalue weighted by Crippen LogP contribution is -2.08. The Hall–Kier alpha value is -1.04. The van der Waals surface area contributed by atoms with E-state index in [1.165, 1.54) is 0 Å². The van der Waals surface area contributed by atoms with Crippen molar-refractivity contribution in [2.75, 3.05) is 13.1 Å². The molecule has 1 atom stereocenters. The van der Waals surface area contributed by atoms with Crippen LogP contribution in [0.15, 0.2) is 10.6 Å². The first-order chi connectivity index (χ1) is 6.57. The molecule has 1 aromatic rings. The molecule has 1 unspecified atom stereocenters. The Labute approximate surface area is 78.3 Å². The highest BCUT2D eigenvalue weighted by Crippen LogP contribution is 2.32. The zero-order chi connectivity index (χ0) is 10.2. The van der Waals surface area contributed by atoms with E-state index >= 15 is 0 Å². The van der Waals surface area contributed by atoms with Crippen molar-refractivity contribution in [2.24, 2.45) is 0 Å². The largest absolute Gasteiger partial charge is 0.451 e. The Bertz CT molecular complexity index is 315. The van der Waals surface area contributed by atoms with Crippen LogP contribution in [0.1, 0.15) is 24.0 Å². The fourth-order valence-electron chi connectivity index (χ4n) is 1.47. The van der Waals surface area contributed by atoms with Crippen molar-refractivity contribution in [1.29, 1.82) is 0 Å². The Balaban J connectivity index is 2.17. The van der Waals surface area contributed by atoms with Crippen LogP contribution in [0, 0.1) is 0 Å². The van der Waals surface area contributed by atoms with Crippen LogP contribution in [0.2, 0.25) is 0 Å². The van der Waals surface area contributed by atoms with E-state index in [-0.39, 0.29) is 11.8 Å². The molecule has 14 heavy (non-hydrogen) atoms. The van der Waals surface area contributed by atoms with Gasteiger partial charge in [-0.1, -0.05) is 0 Å². The maximum Gasteiger partial charge on any atom is 0.451 e. The topological polar surface area (TPSA) is 38.1 Å². The maximum absolute atomic E-state index is 12.1. The van der Waals surface area contributed by atoms with E-state index in [2.05, 4.69) is 14.7 Å². The van der Waals surface area contributed by atoms with Gasteiger partial charge in [-0.3, -0.25) is 0 Å². The van der Waals surface area contributed by atoms with Crippen LogP contribution in [0.5, 0.6) is 0 Å². The number of nitrogens with one attached hydrogen (secondary N) is 1. The normalized spacial score (nSPS) is 22.9. The molecular formula is C8H9F3N2O. The molecule has 0 saturated carbocycles. The van der Waals surface area contributed by atoms with Crippen LogP contribution in [0.25, 0.3) is 0 Å². The van der Waals surface area contributed by atoms with Crippen molar-refractivity contribution >= 4 is 0 Å². The molecular weight excluding hydrogens is 197 g/mol. The zero-order valence-corrected chi connectivity index (χ0v) is 7.27. The standard InChI is InChI=1S/C8H9F3N2O/c9-8(10,11)6-4-13-7(14-6)5-1-2-12-3-5/h4-5,12H,1-3H2. The average Bonchev–Trinajstić information content (AvgIpc) is 2.73. The Morgan fingerprint density at radius 3 is 2.79 bits per heavy atom. The smallest absolute Gasteiger partial charge is 0.436 e. The summed E-state index contributed by atoms with van der Waals surface area (Å²) in [7, 11) is 0. The fraction of sp³-hybridized carbons (Fsp3) is 0.625. The molecule has 1 fully saturated rings. The molecule has 1 aliphatic rings. The van der Waals surface area contributed by atoms with E-state index in [1.54, 1.807) is 0 Å². The molecule has 2 heterocycles. The van der Waals surface area contributed by atoms with Gasteiger partial charge < -0.3 is 9.73 Å². The van der Waals surface area contributed by atoms with Crippen molar-refractivity contribution in [3.8, 4) is 0 Å². The minimum absolute atomic E-state index is 0.0221. The third kappa shape index (κ3) is 1.75. The first kappa shape index (κ1) is 9.51. The average molecular weight is 206 g/mol. The predicted molar refractivity (Wildman–Crippen MR) is 41.7 cm³/mol. The van der Waals surface area contributed by atoms with Crippen LogP contribution in [0.4, 0.5) is 13.2 Å². The molecule has 0 aliphatic carbocycles. The molecule has 2 rings (SSSR count). The molecule has 0 aromatic carbocycles. The lowest BCUT2D eigenvalue weighted by molar-refractivity contribution is -0.153. The number of hydrogen-bond acceptors (Lipinski definition) is 3. The second-order valence-electron chi connectivity index (χ2n) is 3.25. The van der Waals surface area contributed by atoms with Crippen molar-refractivity contribution in [3.63, 3.8) is 0 Å². The van der Waals surface area contributed by atoms with Crippen molar-refractivity contribution in [1.82, 2.24) is 10.3 Å². The number of rotatable bonds is 1. The van der Waals surface area contributed by atoms with Gasteiger partial charge in [-0.15, -0.1) is 0 Å². The van der Waals surface area contributed by atoms with E-state index in [4.69, 9.17) is 0 Å². The summed E-state index contributed by atoms with van der Waals surface area (Å²) in [4.78, 5) is 3.64. The Morgan fingerprint density at radius 2 is 2.29 bits per heavy atom. The van der Waals surface area contributed by atoms with Crippen molar-refractivity contribution in [2.45, 2.75) is 18.5 Å². The van der Waals surface area contributed by atoms with Crippen molar-refractivity contribution in [3.05, 3.63) is 17.8 Å². The third-order valence-corrected chi connectivity index (χ3v) is 2.21. The fourth-order valence-corrected chi connectivity index (χ4v) is 1.47. The second-order valence-corrected chi connectivity index (χ2v) is 3.25. The molecule has 3 nitrogen and oxygen atoms in total. The third-order valence-electron chi connectivity index (χ3n) is 2.21. The molecule has 0 amide bonds. The minimum atomic E-state index is -4.43. The predicted octanol–water partition coefficient (Wildman–Crippen LogP) is 1.77. The highest BCUT2D eigenvalue weighted by molar-refractivity contribution is 5.04. The number of alkyl halides is 3. The molecule has 1 aromatic heterocycles. The lowest BCUT2D eigenvalue weighted by atomic mass is 10.1. The SMILES string of the molecule is FC(F)(F)c1cnc(C2CCNC2)o1. The van der Waals surface area contributed by atoms with Gasteiger partial charge in [0, 0.05) is 12.5 Å². The van der Waals surface area contributed by atoms with Gasteiger partial charge in [-0.2, -0.15) is 13.2 Å². The lowest BCUT2D eigenvalue weighted by Gasteiger charge is -2.02. The van der Waals surface area contributed by atoms with Gasteiger partial charge in [-0.25, -0.2) is 4.98 Å². The second kappa shape index (κ2) is 3.27. The van der Waals surface area contributed by atoms with Gasteiger partial charge in [0.05, 0.1) is 6.20 Å². The number of hydrogen-bond donors (Lipinski definition) is 1. The van der Waals surface area contributed by atoms with Gasteiger partial charge in [0.2, 0.25) is 5.76 Å². The number of oxazole rings is 1. The summed E-state index contributed by atoms with van der Waals surface area (Å²) < 4.78 is 41.1. The van der Waals surface area contributed by atoms with Gasteiger partial charge in [0.1, 0.15) is 0 Å². The van der Waals surface area contributed by atoms with E-state index in [0.717, 1.165) is 19.2 Å². The summed E-state index contributed by atoms with van der Waals surface area (Å²) in [6, 6.07) is 0. The first-order valence-corrected chi connectivity index (χ1v) is 4.31. The van der Waals surface area contributed by atoms with Gasteiger partial charge in [0.25, 0.3) is 0 Å². The molecule has 0 radical (unpaired) electrons. The monoisotopic (exact) mass is 206 g/mol. The molecule has 1 aliphatic heterocycles. The summed E-state index contributed by atoms with van der Waals surface area (Å²) in [6.45, 7) is 1.44. The number of halogens is 3. The van der Waals surface area contributed by atoms with Crippen LogP contribution in [-0.2, 0) is 6.18 Å². The van der Waals surface area contributed by atoms with Gasteiger partial charge in [0.15, 0.2) is 5.89 Å². The summed E-state index contributed by atoms with van der Waals surface area (Å²) >= 11 is 0. The summed E-state index contributed by atoms with van der Waals surface area (Å²) in [5.74, 6) is -0.854. The summed E-state index contributed by atoms with van der Waals surface area (Å²) in [6.07, 6.45) is -2.91. The first-order valence-electron chi connectivity index (χ1n) is 4.31. The highest BCUT2D eigenvalue weighted by Gasteiger charge is 2.36. The van der Waals surface area contributed by atoms with Crippen LogP contribution >= 0.6 is 0 Å². The zero-order valence-electron chi connectivity index (χ0n) is 7.27. The maximum atomic E-state index is 12.1. The number of nitrogens with zero attached hydrogens (tertiary/aromatic N) is 1. The van der Waals surface area contributed by atoms with Crippen LogP contribution in [-0.4, -0.2) is 18.1 Å². The van der Waals surface area contributed by atoms with Gasteiger partial charge in [-0.05, 0) is 13.0 Å². The van der Waals surface area contributed by atoms with E-state index in [1.807, 2.05) is 0 Å². The van der Waals surface area contributed by atoms with Gasteiger partial charge >= 0.3 is 6.18 Å². The minimum Gasteiger partial charge on any atom is -0.436 e. The van der Waals surface area contributed by atoms with Crippen molar-refractivity contribution < 1.29 is 17.6 Å².